The van der Waals surface area contributed by atoms with E-state index in [-0.39, 0.29) is 5.11 Å². The number of aromatic nitrogens is 3. The lowest BCUT2D eigenvalue weighted by Crippen LogP contribution is -2.21. The third-order valence-corrected chi connectivity index (χ3v) is 6.68. The van der Waals surface area contributed by atoms with Gasteiger partial charge in [0.15, 0.2) is 5.11 Å². The van der Waals surface area contributed by atoms with Crippen LogP contribution in [0.15, 0.2) is 54.9 Å². The second-order valence-corrected chi connectivity index (χ2v) is 9.65. The number of thiophene rings is 1. The van der Waals surface area contributed by atoms with Crippen LogP contribution >= 0.6 is 46.8 Å². The van der Waals surface area contributed by atoms with Gasteiger partial charge in [-0.25, -0.2) is 14.5 Å². The molecule has 4 aromatic rings. The van der Waals surface area contributed by atoms with E-state index in [1.54, 1.807) is 23.1 Å². The summed E-state index contributed by atoms with van der Waals surface area (Å²) in [6.07, 6.45) is 1.57. The molecule has 0 radical (unpaired) electrons. The Hall–Kier alpha value is -2.98. The second-order valence-electron chi connectivity index (χ2n) is 7.18. The first-order valence-corrected chi connectivity index (χ1v) is 12.0. The highest BCUT2D eigenvalue weighted by Gasteiger charge is 2.24. The average Bonchev–Trinajstić information content (AvgIpc) is 3.38. The summed E-state index contributed by atoms with van der Waals surface area (Å²) in [6, 6.07) is 15.0. The highest BCUT2D eigenvalue weighted by molar-refractivity contribution is 7.80. The van der Waals surface area contributed by atoms with Gasteiger partial charge in [0.25, 0.3) is 0 Å². The van der Waals surface area contributed by atoms with Crippen molar-refractivity contribution in [3.8, 4) is 11.1 Å². The molecule has 2 aromatic carbocycles. The van der Waals surface area contributed by atoms with Crippen molar-refractivity contribution in [2.45, 2.75) is 13.5 Å². The number of anilines is 2. The number of aryl methyl sites for hydroxylation is 1. The van der Waals surface area contributed by atoms with Gasteiger partial charge in [0.2, 0.25) is 5.95 Å². The number of halogens is 2. The minimum atomic E-state index is -0.448. The van der Waals surface area contributed by atoms with Gasteiger partial charge in [-0.05, 0) is 42.4 Å². The van der Waals surface area contributed by atoms with Gasteiger partial charge in [-0.15, -0.1) is 16.4 Å². The number of methoxy groups -OCH3 is 1. The molecule has 174 valence electrons. The molecule has 34 heavy (non-hydrogen) atoms. The summed E-state index contributed by atoms with van der Waals surface area (Å²) < 4.78 is 6.67. The first-order chi connectivity index (χ1) is 16.4. The minimum absolute atomic E-state index is 0.244. The lowest BCUT2D eigenvalue weighted by atomic mass is 10.0. The molecule has 11 heteroatoms. The lowest BCUT2D eigenvalue weighted by molar-refractivity contribution is 0.0603. The highest BCUT2D eigenvalue weighted by Crippen LogP contribution is 2.40. The number of carbonyl (C=O) groups is 1. The second kappa shape index (κ2) is 10.5. The molecular formula is C23H19Cl2N5O2S2. The number of nitrogens with zero attached hydrogens (tertiary/aromatic N) is 3. The normalized spacial score (nSPS) is 10.7. The Labute approximate surface area is 215 Å². The first kappa shape index (κ1) is 24.2. The number of benzene rings is 2. The number of hydrogen-bond acceptors (Lipinski definition) is 6. The molecule has 2 heterocycles. The number of nitrogens with one attached hydrogen (secondary N) is 2. The molecule has 2 aromatic heterocycles. The fourth-order valence-corrected chi connectivity index (χ4v) is 5.17. The molecule has 4 rings (SSSR count). The molecule has 0 aliphatic carbocycles. The Morgan fingerprint density at radius 2 is 1.94 bits per heavy atom. The van der Waals surface area contributed by atoms with E-state index in [0.717, 1.165) is 21.6 Å². The van der Waals surface area contributed by atoms with Crippen molar-refractivity contribution in [1.29, 1.82) is 0 Å². The van der Waals surface area contributed by atoms with Crippen LogP contribution in [0.2, 0.25) is 10.0 Å². The third-order valence-electron chi connectivity index (χ3n) is 4.87. The van der Waals surface area contributed by atoms with Gasteiger partial charge < -0.3 is 10.1 Å². The van der Waals surface area contributed by atoms with Crippen LogP contribution in [0.4, 0.5) is 10.9 Å². The van der Waals surface area contributed by atoms with Crippen molar-refractivity contribution >= 4 is 68.8 Å². The van der Waals surface area contributed by atoms with Crippen LogP contribution < -0.4 is 10.6 Å². The van der Waals surface area contributed by atoms with Crippen molar-refractivity contribution in [2.75, 3.05) is 17.7 Å². The van der Waals surface area contributed by atoms with Gasteiger partial charge in [-0.2, -0.15) is 0 Å². The molecule has 0 saturated heterocycles. The molecule has 0 bridgehead atoms. The quantitative estimate of drug-likeness (QED) is 0.224. The van der Waals surface area contributed by atoms with Crippen LogP contribution in [0.5, 0.6) is 0 Å². The zero-order valence-electron chi connectivity index (χ0n) is 18.1. The number of ether oxygens (including phenoxy) is 1. The molecule has 0 aliphatic rings. The summed E-state index contributed by atoms with van der Waals surface area (Å²) in [5, 5.41) is 12.4. The standard InChI is InChI=1S/C23H19Cl2N5O2S2/c1-13-18(14-6-4-3-5-7-14)19(21(31)32-2)20(34-13)27-23(33)28-22-26-12-30(29-22)11-15-8-9-16(24)10-17(15)25/h3-10,12H,11H2,1-2H3,(H2,27,28,29,33). The van der Waals surface area contributed by atoms with Crippen LogP contribution in [0.1, 0.15) is 20.8 Å². The predicted octanol–water partition coefficient (Wildman–Crippen LogP) is 6.27. The molecule has 0 unspecified atom stereocenters. The van der Waals surface area contributed by atoms with Crippen LogP contribution in [-0.2, 0) is 11.3 Å². The van der Waals surface area contributed by atoms with Gasteiger partial charge in [0.1, 0.15) is 16.9 Å². The largest absolute Gasteiger partial charge is 0.465 e. The average molecular weight is 532 g/mol. The minimum Gasteiger partial charge on any atom is -0.465 e. The topological polar surface area (TPSA) is 81.1 Å². The van der Waals surface area contributed by atoms with Crippen LogP contribution in [-0.4, -0.2) is 33.0 Å². The number of rotatable bonds is 6. The molecule has 0 amide bonds. The molecule has 0 fully saturated rings. The fourth-order valence-electron chi connectivity index (χ4n) is 3.37. The van der Waals surface area contributed by atoms with Crippen LogP contribution in [0.25, 0.3) is 11.1 Å². The van der Waals surface area contributed by atoms with Crippen LogP contribution in [0, 0.1) is 6.92 Å². The van der Waals surface area contributed by atoms with Crippen molar-refractivity contribution in [1.82, 2.24) is 14.8 Å². The van der Waals surface area contributed by atoms with E-state index >= 15 is 0 Å². The van der Waals surface area contributed by atoms with E-state index in [4.69, 9.17) is 40.2 Å². The first-order valence-electron chi connectivity index (χ1n) is 10.0. The van der Waals surface area contributed by atoms with Gasteiger partial charge in [-0.1, -0.05) is 59.6 Å². The Morgan fingerprint density at radius 3 is 2.65 bits per heavy atom. The maximum Gasteiger partial charge on any atom is 0.341 e. The Kier molecular flexibility index (Phi) is 7.47. The molecule has 0 aliphatic heterocycles. The van der Waals surface area contributed by atoms with Crippen molar-refractivity contribution in [2.24, 2.45) is 0 Å². The monoisotopic (exact) mass is 531 g/mol. The number of hydrogen-bond donors (Lipinski definition) is 2. The molecule has 2 N–H and O–H groups in total. The summed E-state index contributed by atoms with van der Waals surface area (Å²) in [5.74, 6) is -0.144. The van der Waals surface area contributed by atoms with E-state index < -0.39 is 5.97 Å². The summed E-state index contributed by atoms with van der Waals surface area (Å²) in [6.45, 7) is 2.37. The van der Waals surface area contributed by atoms with Crippen molar-refractivity contribution < 1.29 is 9.53 Å². The fraction of sp³-hybridized carbons (Fsp3) is 0.130. The molecular weight excluding hydrogens is 513 g/mol. The van der Waals surface area contributed by atoms with E-state index in [1.165, 1.54) is 18.4 Å². The van der Waals surface area contributed by atoms with Crippen molar-refractivity contribution in [3.05, 3.63) is 80.9 Å². The summed E-state index contributed by atoms with van der Waals surface area (Å²) in [4.78, 5) is 17.8. The molecule has 0 atom stereocenters. The van der Waals surface area contributed by atoms with E-state index in [9.17, 15) is 4.79 Å². The van der Waals surface area contributed by atoms with E-state index in [2.05, 4.69) is 20.7 Å². The zero-order chi connectivity index (χ0) is 24.2. The number of thiocarbonyl (C=S) groups is 1. The number of carbonyl (C=O) groups excluding carboxylic acids is 1. The van der Waals surface area contributed by atoms with E-state index in [0.29, 0.717) is 33.1 Å². The lowest BCUT2D eigenvalue weighted by Gasteiger charge is -2.10. The van der Waals surface area contributed by atoms with Gasteiger partial charge >= 0.3 is 5.97 Å². The van der Waals surface area contributed by atoms with E-state index in [1.807, 2.05) is 43.3 Å². The highest BCUT2D eigenvalue weighted by atomic mass is 35.5. The maximum absolute atomic E-state index is 12.6. The molecule has 7 nitrogen and oxygen atoms in total. The third kappa shape index (κ3) is 5.39. The predicted molar refractivity (Wildman–Crippen MR) is 141 cm³/mol. The van der Waals surface area contributed by atoms with Gasteiger partial charge in [0.05, 0.1) is 13.7 Å². The Morgan fingerprint density at radius 1 is 1.18 bits per heavy atom. The number of esters is 1. The van der Waals surface area contributed by atoms with Crippen LogP contribution in [0.3, 0.4) is 0 Å². The zero-order valence-corrected chi connectivity index (χ0v) is 21.3. The Bertz CT molecular complexity index is 1350. The van der Waals surface area contributed by atoms with Gasteiger partial charge in [-0.3, -0.25) is 5.32 Å². The molecule has 0 spiro atoms. The SMILES string of the molecule is COC(=O)c1c(NC(=S)Nc2ncn(Cc3ccc(Cl)cc3Cl)n2)sc(C)c1-c1ccccc1. The smallest absolute Gasteiger partial charge is 0.341 e. The summed E-state index contributed by atoms with van der Waals surface area (Å²) in [7, 11) is 1.36. The Balaban J connectivity index is 1.51. The van der Waals surface area contributed by atoms with Crippen molar-refractivity contribution in [3.63, 3.8) is 0 Å². The summed E-state index contributed by atoms with van der Waals surface area (Å²) >= 11 is 19.1. The maximum atomic E-state index is 12.6. The van der Waals surface area contributed by atoms with Gasteiger partial charge in [0, 0.05) is 20.5 Å². The summed E-state index contributed by atoms with van der Waals surface area (Å²) in [5.41, 5.74) is 3.01. The molecule has 0 saturated carbocycles.